The Bertz CT molecular complexity index is 1440. The van der Waals surface area contributed by atoms with Gasteiger partial charge in [-0.05, 0) is 56.8 Å². The lowest BCUT2D eigenvalue weighted by molar-refractivity contribution is -0.119. The fourth-order valence-electron chi connectivity index (χ4n) is 5.53. The summed E-state index contributed by atoms with van der Waals surface area (Å²) in [6, 6.07) is 2.14. The minimum atomic E-state index is 0.209. The topological polar surface area (TPSA) is 120 Å². The minimum absolute atomic E-state index is 0.209. The third kappa shape index (κ3) is 7.51. The molecule has 2 aliphatic rings. The van der Waals surface area contributed by atoms with Gasteiger partial charge < -0.3 is 15.3 Å². The maximum Gasteiger partial charge on any atom is 0.209 e. The van der Waals surface area contributed by atoms with E-state index in [4.69, 9.17) is 10.1 Å². The quantitative estimate of drug-likeness (QED) is 0.282. The van der Waals surface area contributed by atoms with Crippen molar-refractivity contribution in [2.75, 3.05) is 57.7 Å². The number of rotatable bonds is 9. The number of hydrogen-bond acceptors (Lipinski definition) is 10. The zero-order chi connectivity index (χ0) is 29.5. The Hall–Kier alpha value is -3.39. The van der Waals surface area contributed by atoms with Gasteiger partial charge in [-0.1, -0.05) is 6.92 Å². The van der Waals surface area contributed by atoms with Crippen molar-refractivity contribution in [3.63, 3.8) is 0 Å². The second-order valence-electron chi connectivity index (χ2n) is 11.1. The number of piperazine rings is 1. The molecular weight excluding hydrogens is 552 g/mol. The summed E-state index contributed by atoms with van der Waals surface area (Å²) in [6.07, 6.45) is 11.3. The molecule has 2 saturated heterocycles. The van der Waals surface area contributed by atoms with Crippen LogP contribution in [0.15, 0.2) is 30.9 Å². The van der Waals surface area contributed by atoms with Crippen LogP contribution in [0.2, 0.25) is 0 Å². The van der Waals surface area contributed by atoms with Crippen LogP contribution in [-0.2, 0) is 17.9 Å². The van der Waals surface area contributed by atoms with Crippen LogP contribution in [0, 0.1) is 12.8 Å². The van der Waals surface area contributed by atoms with Gasteiger partial charge in [0.15, 0.2) is 11.5 Å². The predicted octanol–water partition coefficient (Wildman–Crippen LogP) is 3.11. The van der Waals surface area contributed by atoms with Gasteiger partial charge in [0, 0.05) is 70.3 Å². The van der Waals surface area contributed by atoms with Gasteiger partial charge in [-0.2, -0.15) is 9.47 Å². The Balaban J connectivity index is 0.000000271. The summed E-state index contributed by atoms with van der Waals surface area (Å²) in [5, 5.41) is 17.5. The van der Waals surface area contributed by atoms with Crippen molar-refractivity contribution in [1.29, 1.82) is 0 Å². The number of aliphatic hydroxyl groups excluding tert-OH is 1. The number of anilines is 2. The van der Waals surface area contributed by atoms with Gasteiger partial charge in [-0.15, -0.1) is 0 Å². The fraction of sp³-hybridized carbons (Fsp3) is 0.552. The first-order valence-corrected chi connectivity index (χ1v) is 15.6. The number of carbonyl (C=O) groups excluding carboxylic acids is 1. The fourth-order valence-corrected chi connectivity index (χ4v) is 6.19. The van der Waals surface area contributed by atoms with Crippen molar-refractivity contribution in [3.05, 3.63) is 42.2 Å². The molecule has 4 aromatic heterocycles. The highest BCUT2D eigenvalue weighted by Gasteiger charge is 2.19. The van der Waals surface area contributed by atoms with Crippen molar-refractivity contribution >= 4 is 34.4 Å². The SMILES string of the molecule is CCn1cc(-c2cnc3c(Nc4cc(CN5CCCC(C)C5)ns4)nc(C)cn23)cn1.O=CN1CCN(CCO)CC1. The Morgan fingerprint density at radius 2 is 1.98 bits per heavy atom. The smallest absolute Gasteiger partial charge is 0.209 e. The summed E-state index contributed by atoms with van der Waals surface area (Å²) >= 11 is 1.48. The van der Waals surface area contributed by atoms with Crippen LogP contribution in [0.3, 0.4) is 0 Å². The van der Waals surface area contributed by atoms with Crippen LogP contribution in [0.4, 0.5) is 10.8 Å². The molecule has 2 aliphatic heterocycles. The van der Waals surface area contributed by atoms with Gasteiger partial charge in [0.1, 0.15) is 5.00 Å². The average molecular weight is 595 g/mol. The molecule has 1 amide bonds. The Morgan fingerprint density at radius 1 is 1.14 bits per heavy atom. The molecule has 0 saturated carbocycles. The van der Waals surface area contributed by atoms with Crippen LogP contribution in [0.25, 0.3) is 16.9 Å². The number of aliphatic hydroxyl groups is 1. The molecule has 2 fully saturated rings. The zero-order valence-corrected chi connectivity index (χ0v) is 25.6. The van der Waals surface area contributed by atoms with Gasteiger partial charge >= 0.3 is 0 Å². The van der Waals surface area contributed by atoms with Gasteiger partial charge in [0.2, 0.25) is 6.41 Å². The highest BCUT2D eigenvalue weighted by Crippen LogP contribution is 2.28. The molecule has 2 N–H and O–H groups in total. The molecule has 1 atom stereocenters. The van der Waals surface area contributed by atoms with Gasteiger partial charge in [-0.25, -0.2) is 9.97 Å². The Morgan fingerprint density at radius 3 is 2.69 bits per heavy atom. The summed E-state index contributed by atoms with van der Waals surface area (Å²) in [4.78, 5) is 26.1. The number of piperidine rings is 1. The summed E-state index contributed by atoms with van der Waals surface area (Å²) in [5.41, 5.74) is 4.88. The molecule has 6 rings (SSSR count). The molecule has 12 nitrogen and oxygen atoms in total. The number of nitrogens with zero attached hydrogens (tertiary/aromatic N) is 9. The van der Waals surface area contributed by atoms with Gasteiger partial charge in [0.25, 0.3) is 0 Å². The molecule has 0 spiro atoms. The monoisotopic (exact) mass is 594 g/mol. The Labute approximate surface area is 251 Å². The molecule has 42 heavy (non-hydrogen) atoms. The van der Waals surface area contributed by atoms with E-state index in [0.717, 1.165) is 110 Å². The highest BCUT2D eigenvalue weighted by atomic mass is 32.1. The third-order valence-electron chi connectivity index (χ3n) is 7.77. The van der Waals surface area contributed by atoms with E-state index in [-0.39, 0.29) is 6.61 Å². The first-order valence-electron chi connectivity index (χ1n) is 14.8. The molecule has 4 aromatic rings. The van der Waals surface area contributed by atoms with E-state index >= 15 is 0 Å². The maximum absolute atomic E-state index is 10.3. The lowest BCUT2D eigenvalue weighted by Gasteiger charge is -2.31. The number of fused-ring (bicyclic) bond motifs is 1. The molecule has 0 aromatic carbocycles. The van der Waals surface area contributed by atoms with Crippen molar-refractivity contribution in [3.8, 4) is 11.3 Å². The molecule has 226 valence electrons. The van der Waals surface area contributed by atoms with Crippen molar-refractivity contribution in [1.82, 2.24) is 43.2 Å². The van der Waals surface area contributed by atoms with Crippen molar-refractivity contribution < 1.29 is 9.90 Å². The summed E-state index contributed by atoms with van der Waals surface area (Å²) in [6.45, 7) is 14.8. The summed E-state index contributed by atoms with van der Waals surface area (Å²) in [5.74, 6) is 1.52. The van der Waals surface area contributed by atoms with E-state index < -0.39 is 0 Å². The number of amides is 1. The van der Waals surface area contributed by atoms with Gasteiger partial charge in [0.05, 0.1) is 36.1 Å². The van der Waals surface area contributed by atoms with E-state index in [9.17, 15) is 4.79 Å². The van der Waals surface area contributed by atoms with Crippen LogP contribution < -0.4 is 5.32 Å². The Kier molecular flexibility index (Phi) is 10.2. The van der Waals surface area contributed by atoms with Crippen molar-refractivity contribution in [2.45, 2.75) is 46.7 Å². The molecule has 0 bridgehead atoms. The van der Waals surface area contributed by atoms with E-state index in [0.29, 0.717) is 0 Å². The van der Waals surface area contributed by atoms with E-state index in [1.165, 1.54) is 24.4 Å². The van der Waals surface area contributed by atoms with E-state index in [1.54, 1.807) is 4.90 Å². The van der Waals surface area contributed by atoms with E-state index in [2.05, 4.69) is 53.9 Å². The molecule has 6 heterocycles. The lowest BCUT2D eigenvalue weighted by Crippen LogP contribution is -2.46. The predicted molar refractivity (Wildman–Crippen MR) is 165 cm³/mol. The zero-order valence-electron chi connectivity index (χ0n) is 24.8. The van der Waals surface area contributed by atoms with E-state index in [1.807, 2.05) is 36.4 Å². The number of likely N-dealkylation sites (tertiary alicyclic amines) is 1. The minimum Gasteiger partial charge on any atom is -0.395 e. The normalized spacial score (nSPS) is 18.2. The second-order valence-corrected chi connectivity index (χ2v) is 12.0. The van der Waals surface area contributed by atoms with Crippen molar-refractivity contribution in [2.24, 2.45) is 5.92 Å². The lowest BCUT2D eigenvalue weighted by atomic mass is 10.0. The third-order valence-corrected chi connectivity index (χ3v) is 8.51. The second kappa shape index (κ2) is 14.2. The molecule has 0 radical (unpaired) electrons. The number of β-amino-alcohol motifs (C(OH)–C–C–N with tert-alkyl or cyclic N) is 1. The molecule has 0 aliphatic carbocycles. The number of hydrogen-bond donors (Lipinski definition) is 2. The molecular formula is C29H42N10O2S. The number of imidazole rings is 1. The van der Waals surface area contributed by atoms with Crippen LogP contribution in [0.5, 0.6) is 0 Å². The number of nitrogens with one attached hydrogen (secondary N) is 1. The highest BCUT2D eigenvalue weighted by molar-refractivity contribution is 7.10. The summed E-state index contributed by atoms with van der Waals surface area (Å²) < 4.78 is 8.67. The number of aryl methyl sites for hydroxylation is 2. The number of carbonyl (C=O) groups is 1. The molecule has 1 unspecified atom stereocenters. The number of aromatic nitrogens is 6. The van der Waals surface area contributed by atoms with Crippen LogP contribution >= 0.6 is 11.5 Å². The summed E-state index contributed by atoms with van der Waals surface area (Å²) in [7, 11) is 0. The van der Waals surface area contributed by atoms with Crippen LogP contribution in [-0.4, -0.2) is 107 Å². The van der Waals surface area contributed by atoms with Crippen LogP contribution in [0.1, 0.15) is 38.1 Å². The van der Waals surface area contributed by atoms with Gasteiger partial charge in [-0.3, -0.25) is 23.7 Å². The first kappa shape index (κ1) is 30.1. The average Bonchev–Trinajstić information content (AvgIpc) is 3.74. The first-order chi connectivity index (χ1) is 20.4. The molecule has 13 heteroatoms. The largest absolute Gasteiger partial charge is 0.395 e. The standard InChI is InChI=1S/C22H28N8S.C7H14N2O2/c1-4-29-13-17(9-24-29)19-10-23-22-21(25-16(3)12-30(19)22)26-20-8-18(27-31-20)14-28-7-5-6-15(2)11-28;10-6-5-8-1-3-9(7-11)4-2-8/h8-10,12-13,15H,4-7,11,14H2,1-3H3,(H,25,26);7,10H,1-6H2. The maximum atomic E-state index is 10.3.